The van der Waals surface area contributed by atoms with Gasteiger partial charge in [0.15, 0.2) is 11.5 Å². The van der Waals surface area contributed by atoms with E-state index in [4.69, 9.17) is 9.47 Å². The number of methoxy groups -OCH3 is 2. The van der Waals surface area contributed by atoms with Crippen LogP contribution in [0.3, 0.4) is 0 Å². The molecular weight excluding hydrogens is 290 g/mol. The van der Waals surface area contributed by atoms with Gasteiger partial charge < -0.3 is 14.8 Å². The number of carbonyl (C=O) groups excluding carboxylic acids is 1. The molecule has 1 fully saturated rings. The largest absolute Gasteiger partial charge is 0.493 e. The number of carbonyl (C=O) groups is 1. The van der Waals surface area contributed by atoms with Gasteiger partial charge in [-0.15, -0.1) is 0 Å². The summed E-state index contributed by atoms with van der Waals surface area (Å²) in [6.07, 6.45) is 2.29. The average molecular weight is 311 g/mol. The number of rotatable bonds is 6. The summed E-state index contributed by atoms with van der Waals surface area (Å²) < 4.78 is 10.6. The molecule has 1 aliphatic rings. The molecule has 2 aromatic carbocycles. The number of ether oxygens (including phenoxy) is 2. The lowest BCUT2D eigenvalue weighted by Crippen LogP contribution is -2.35. The molecule has 0 radical (unpaired) electrons. The molecule has 1 amide bonds. The van der Waals surface area contributed by atoms with Gasteiger partial charge >= 0.3 is 0 Å². The Morgan fingerprint density at radius 3 is 2.35 bits per heavy atom. The van der Waals surface area contributed by atoms with E-state index in [1.165, 1.54) is 0 Å². The van der Waals surface area contributed by atoms with Crippen LogP contribution in [0.4, 0.5) is 0 Å². The molecule has 0 heterocycles. The van der Waals surface area contributed by atoms with Crippen LogP contribution in [0, 0.1) is 0 Å². The van der Waals surface area contributed by atoms with Crippen LogP contribution in [0.15, 0.2) is 48.5 Å². The normalized spacial score (nSPS) is 14.9. The summed E-state index contributed by atoms with van der Waals surface area (Å²) in [6.45, 7) is 0. The highest BCUT2D eigenvalue weighted by Crippen LogP contribution is 2.47. The van der Waals surface area contributed by atoms with E-state index < -0.39 is 0 Å². The molecule has 0 aliphatic heterocycles. The van der Waals surface area contributed by atoms with Crippen molar-refractivity contribution in [2.24, 2.45) is 0 Å². The molecule has 1 aliphatic carbocycles. The van der Waals surface area contributed by atoms with Crippen molar-refractivity contribution in [2.75, 3.05) is 14.2 Å². The van der Waals surface area contributed by atoms with Crippen molar-refractivity contribution in [1.29, 1.82) is 0 Å². The van der Waals surface area contributed by atoms with Crippen molar-refractivity contribution in [2.45, 2.75) is 24.8 Å². The predicted molar refractivity (Wildman–Crippen MR) is 88.7 cm³/mol. The number of nitrogens with one attached hydrogen (secondary N) is 1. The van der Waals surface area contributed by atoms with Gasteiger partial charge in [-0.05, 0) is 36.1 Å². The topological polar surface area (TPSA) is 47.6 Å². The predicted octanol–water partition coefficient (Wildman–Crippen LogP) is 3.05. The van der Waals surface area contributed by atoms with Crippen LogP contribution in [-0.4, -0.2) is 20.1 Å². The van der Waals surface area contributed by atoms with Crippen molar-refractivity contribution in [3.05, 3.63) is 59.7 Å². The first-order chi connectivity index (χ1) is 11.2. The first-order valence-electron chi connectivity index (χ1n) is 7.74. The van der Waals surface area contributed by atoms with Crippen molar-refractivity contribution in [3.63, 3.8) is 0 Å². The van der Waals surface area contributed by atoms with Crippen LogP contribution in [0.1, 0.15) is 24.0 Å². The van der Waals surface area contributed by atoms with E-state index in [9.17, 15) is 4.79 Å². The molecule has 4 nitrogen and oxygen atoms in total. The minimum absolute atomic E-state index is 0.0449. The van der Waals surface area contributed by atoms with Crippen LogP contribution in [0.2, 0.25) is 0 Å². The van der Waals surface area contributed by atoms with E-state index in [2.05, 4.69) is 5.32 Å². The molecule has 0 bridgehead atoms. The summed E-state index contributed by atoms with van der Waals surface area (Å²) >= 11 is 0. The quantitative estimate of drug-likeness (QED) is 0.892. The van der Waals surface area contributed by atoms with Gasteiger partial charge in [-0.25, -0.2) is 0 Å². The summed E-state index contributed by atoms with van der Waals surface area (Å²) in [5.41, 5.74) is 1.83. The molecule has 0 spiro atoms. The minimum Gasteiger partial charge on any atom is -0.493 e. The fraction of sp³-hybridized carbons (Fsp3) is 0.316. The van der Waals surface area contributed by atoms with Gasteiger partial charge in [-0.2, -0.15) is 0 Å². The van der Waals surface area contributed by atoms with Crippen molar-refractivity contribution in [3.8, 4) is 11.5 Å². The highest BCUT2D eigenvalue weighted by atomic mass is 16.5. The van der Waals surface area contributed by atoms with Crippen LogP contribution < -0.4 is 14.8 Å². The van der Waals surface area contributed by atoms with Gasteiger partial charge in [0.25, 0.3) is 0 Å². The average Bonchev–Trinajstić information content (AvgIpc) is 3.35. The summed E-state index contributed by atoms with van der Waals surface area (Å²) in [6, 6.07) is 15.6. The molecule has 0 aromatic heterocycles. The lowest BCUT2D eigenvalue weighted by molar-refractivity contribution is -0.121. The van der Waals surface area contributed by atoms with E-state index in [0.29, 0.717) is 17.9 Å². The van der Waals surface area contributed by atoms with Crippen molar-refractivity contribution < 1.29 is 14.3 Å². The van der Waals surface area contributed by atoms with E-state index in [1.807, 2.05) is 48.5 Å². The van der Waals surface area contributed by atoms with E-state index in [1.54, 1.807) is 14.2 Å². The summed E-state index contributed by atoms with van der Waals surface area (Å²) in [5.74, 6) is 1.43. The smallest absolute Gasteiger partial charge is 0.225 e. The van der Waals surface area contributed by atoms with Crippen LogP contribution >= 0.6 is 0 Å². The number of hydrogen-bond acceptors (Lipinski definition) is 3. The molecule has 1 saturated carbocycles. The Labute approximate surface area is 136 Å². The van der Waals surface area contributed by atoms with Crippen LogP contribution in [0.25, 0.3) is 0 Å². The maximum Gasteiger partial charge on any atom is 0.225 e. The zero-order valence-electron chi connectivity index (χ0n) is 13.5. The third-order valence-electron chi connectivity index (χ3n) is 4.27. The van der Waals surface area contributed by atoms with Crippen LogP contribution in [0.5, 0.6) is 11.5 Å². The SMILES string of the molecule is COc1ccc(C2(NC(=O)Cc3ccccc3)CC2)cc1OC. The third kappa shape index (κ3) is 3.31. The Morgan fingerprint density at radius 2 is 1.74 bits per heavy atom. The van der Waals surface area contributed by atoms with Crippen LogP contribution in [-0.2, 0) is 16.8 Å². The monoisotopic (exact) mass is 311 g/mol. The van der Waals surface area contributed by atoms with Gasteiger partial charge in [-0.3, -0.25) is 4.79 Å². The molecule has 1 N–H and O–H groups in total. The van der Waals surface area contributed by atoms with Gasteiger partial charge in [0.05, 0.1) is 26.2 Å². The lowest BCUT2D eigenvalue weighted by atomic mass is 10.0. The molecule has 3 rings (SSSR count). The second-order valence-corrected chi connectivity index (χ2v) is 5.86. The molecule has 0 unspecified atom stereocenters. The van der Waals surface area contributed by atoms with Crippen molar-refractivity contribution in [1.82, 2.24) is 5.32 Å². The summed E-state index contributed by atoms with van der Waals surface area (Å²) in [4.78, 5) is 12.4. The van der Waals surface area contributed by atoms with E-state index in [-0.39, 0.29) is 11.4 Å². The zero-order chi connectivity index (χ0) is 16.3. The second-order valence-electron chi connectivity index (χ2n) is 5.86. The summed E-state index contributed by atoms with van der Waals surface area (Å²) in [5, 5.41) is 3.19. The Kier molecular flexibility index (Phi) is 4.24. The number of amides is 1. The fourth-order valence-electron chi connectivity index (χ4n) is 2.84. The minimum atomic E-state index is -0.259. The Balaban J connectivity index is 1.73. The molecule has 0 saturated heterocycles. The number of benzene rings is 2. The third-order valence-corrected chi connectivity index (χ3v) is 4.27. The van der Waals surface area contributed by atoms with Crippen molar-refractivity contribution >= 4 is 5.91 Å². The first-order valence-corrected chi connectivity index (χ1v) is 7.74. The standard InChI is InChI=1S/C19H21NO3/c1-22-16-9-8-15(13-17(16)23-2)19(10-11-19)20-18(21)12-14-6-4-3-5-7-14/h3-9,13H,10-12H2,1-2H3,(H,20,21). The molecule has 0 atom stereocenters. The fourth-order valence-corrected chi connectivity index (χ4v) is 2.84. The molecular formula is C19H21NO3. The highest BCUT2D eigenvalue weighted by Gasteiger charge is 2.45. The second kappa shape index (κ2) is 6.32. The van der Waals surface area contributed by atoms with Gasteiger partial charge in [0, 0.05) is 0 Å². The van der Waals surface area contributed by atoms with Gasteiger partial charge in [0.2, 0.25) is 5.91 Å². The molecule has 23 heavy (non-hydrogen) atoms. The first kappa shape index (κ1) is 15.4. The maximum absolute atomic E-state index is 12.4. The van der Waals surface area contributed by atoms with E-state index >= 15 is 0 Å². The zero-order valence-corrected chi connectivity index (χ0v) is 13.5. The summed E-state index contributed by atoms with van der Waals surface area (Å²) in [7, 11) is 3.24. The van der Waals surface area contributed by atoms with E-state index in [0.717, 1.165) is 24.0 Å². The van der Waals surface area contributed by atoms with Gasteiger partial charge in [0.1, 0.15) is 0 Å². The maximum atomic E-state index is 12.4. The lowest BCUT2D eigenvalue weighted by Gasteiger charge is -2.19. The Morgan fingerprint density at radius 1 is 1.04 bits per heavy atom. The molecule has 4 heteroatoms. The number of hydrogen-bond donors (Lipinski definition) is 1. The Bertz CT molecular complexity index is 693. The molecule has 120 valence electrons. The molecule has 2 aromatic rings. The van der Waals surface area contributed by atoms with Gasteiger partial charge in [-0.1, -0.05) is 36.4 Å². The highest BCUT2D eigenvalue weighted by molar-refractivity contribution is 5.80. The Hall–Kier alpha value is -2.49.